The number of carbonyl (C=O) groups excluding carboxylic acids is 1. The Kier molecular flexibility index (Phi) is 4.93. The summed E-state index contributed by atoms with van der Waals surface area (Å²) in [6, 6.07) is 9.78. The quantitative estimate of drug-likeness (QED) is 0.804. The van der Waals surface area contributed by atoms with E-state index in [2.05, 4.69) is 26.7 Å². The smallest absolute Gasteiger partial charge is 0.338 e. The van der Waals surface area contributed by atoms with Crippen molar-refractivity contribution in [2.75, 3.05) is 36.0 Å². The van der Waals surface area contributed by atoms with Crippen molar-refractivity contribution in [1.82, 2.24) is 9.97 Å². The fraction of sp³-hybridized carbons (Fsp3) is 0.389. The van der Waals surface area contributed by atoms with Crippen LogP contribution in [0, 0.1) is 0 Å². The Balaban J connectivity index is 1.67. The molecule has 0 aliphatic carbocycles. The van der Waals surface area contributed by atoms with Crippen molar-refractivity contribution in [3.63, 3.8) is 0 Å². The fourth-order valence-corrected chi connectivity index (χ4v) is 2.98. The van der Waals surface area contributed by atoms with E-state index in [0.29, 0.717) is 18.2 Å². The number of hydrogen-bond donors (Lipinski definition) is 0. The number of piperazine rings is 1. The van der Waals surface area contributed by atoms with Gasteiger partial charge in [-0.1, -0.05) is 0 Å². The second-order valence-electron chi connectivity index (χ2n) is 5.80. The average molecular weight is 326 g/mol. The van der Waals surface area contributed by atoms with Crippen LogP contribution >= 0.6 is 0 Å². The lowest BCUT2D eigenvalue weighted by Gasteiger charge is -2.41. The number of esters is 1. The number of nitrogens with zero attached hydrogens (tertiary/aromatic N) is 4. The van der Waals surface area contributed by atoms with Crippen LogP contribution in [-0.2, 0) is 4.74 Å². The van der Waals surface area contributed by atoms with Crippen LogP contribution in [0.25, 0.3) is 0 Å². The van der Waals surface area contributed by atoms with Gasteiger partial charge in [-0.05, 0) is 44.2 Å². The van der Waals surface area contributed by atoms with Crippen molar-refractivity contribution in [3.05, 3.63) is 48.3 Å². The molecule has 0 N–H and O–H groups in total. The highest BCUT2D eigenvalue weighted by Crippen LogP contribution is 2.23. The molecular weight excluding hydrogens is 304 g/mol. The number of rotatable bonds is 4. The van der Waals surface area contributed by atoms with Gasteiger partial charge >= 0.3 is 5.97 Å². The SMILES string of the molecule is CCOC(=O)c1ccc(N2CCN(c3ncccn3)CC2C)cc1. The summed E-state index contributed by atoms with van der Waals surface area (Å²) in [5, 5.41) is 0. The van der Waals surface area contributed by atoms with Crippen LogP contribution in [0.1, 0.15) is 24.2 Å². The average Bonchev–Trinajstić information content (AvgIpc) is 2.63. The Morgan fingerprint density at radius 3 is 2.54 bits per heavy atom. The van der Waals surface area contributed by atoms with Crippen molar-refractivity contribution < 1.29 is 9.53 Å². The first-order valence-electron chi connectivity index (χ1n) is 8.25. The normalized spacial score (nSPS) is 17.7. The van der Waals surface area contributed by atoms with Crippen LogP contribution in [0.2, 0.25) is 0 Å². The molecular formula is C18H22N4O2. The van der Waals surface area contributed by atoms with Crippen molar-refractivity contribution >= 4 is 17.6 Å². The van der Waals surface area contributed by atoms with Crippen molar-refractivity contribution in [2.24, 2.45) is 0 Å². The van der Waals surface area contributed by atoms with Gasteiger partial charge in [-0.2, -0.15) is 0 Å². The summed E-state index contributed by atoms with van der Waals surface area (Å²) in [6.07, 6.45) is 3.54. The second-order valence-corrected chi connectivity index (χ2v) is 5.80. The summed E-state index contributed by atoms with van der Waals surface area (Å²) < 4.78 is 5.02. The number of hydrogen-bond acceptors (Lipinski definition) is 6. The molecule has 6 nitrogen and oxygen atoms in total. The molecule has 1 atom stereocenters. The van der Waals surface area contributed by atoms with Gasteiger partial charge in [-0.15, -0.1) is 0 Å². The summed E-state index contributed by atoms with van der Waals surface area (Å²) in [5.41, 5.74) is 1.70. The van der Waals surface area contributed by atoms with Gasteiger partial charge in [0.05, 0.1) is 12.2 Å². The fourth-order valence-electron chi connectivity index (χ4n) is 2.98. The molecule has 1 unspecified atom stereocenters. The van der Waals surface area contributed by atoms with Crippen LogP contribution in [-0.4, -0.2) is 48.2 Å². The summed E-state index contributed by atoms with van der Waals surface area (Å²) in [7, 11) is 0. The Morgan fingerprint density at radius 2 is 1.92 bits per heavy atom. The second kappa shape index (κ2) is 7.29. The Hall–Kier alpha value is -2.63. The summed E-state index contributed by atoms with van der Waals surface area (Å²) in [5.74, 6) is 0.504. The first-order valence-corrected chi connectivity index (χ1v) is 8.25. The van der Waals surface area contributed by atoms with E-state index in [1.165, 1.54) is 0 Å². The summed E-state index contributed by atoms with van der Waals surface area (Å²) >= 11 is 0. The Morgan fingerprint density at radius 1 is 1.21 bits per heavy atom. The van der Waals surface area contributed by atoms with Crippen LogP contribution in [0.4, 0.5) is 11.6 Å². The number of carbonyl (C=O) groups is 1. The van der Waals surface area contributed by atoms with Gasteiger partial charge in [-0.25, -0.2) is 14.8 Å². The highest BCUT2D eigenvalue weighted by Gasteiger charge is 2.25. The van der Waals surface area contributed by atoms with Crippen molar-refractivity contribution in [1.29, 1.82) is 0 Å². The maximum atomic E-state index is 11.7. The van der Waals surface area contributed by atoms with Gasteiger partial charge < -0.3 is 14.5 Å². The lowest BCUT2D eigenvalue weighted by atomic mass is 10.1. The molecule has 1 aromatic carbocycles. The Labute approximate surface area is 142 Å². The summed E-state index contributed by atoms with van der Waals surface area (Å²) in [4.78, 5) is 24.9. The standard InChI is InChI=1S/C18H22N4O2/c1-3-24-17(23)15-5-7-16(8-6-15)22-12-11-21(13-14(22)2)18-19-9-4-10-20-18/h4-10,14H,3,11-13H2,1-2H3. The zero-order chi connectivity index (χ0) is 16.9. The highest BCUT2D eigenvalue weighted by molar-refractivity contribution is 5.89. The minimum absolute atomic E-state index is 0.275. The molecule has 0 saturated carbocycles. The van der Waals surface area contributed by atoms with Gasteiger partial charge in [0.25, 0.3) is 0 Å². The lowest BCUT2D eigenvalue weighted by Crippen LogP contribution is -2.52. The van der Waals surface area contributed by atoms with Crippen LogP contribution < -0.4 is 9.80 Å². The predicted molar refractivity (Wildman–Crippen MR) is 93.5 cm³/mol. The van der Waals surface area contributed by atoms with E-state index in [9.17, 15) is 4.79 Å². The number of ether oxygens (including phenoxy) is 1. The monoisotopic (exact) mass is 326 g/mol. The number of benzene rings is 1. The number of anilines is 2. The molecule has 1 aromatic heterocycles. The predicted octanol–water partition coefficient (Wildman–Crippen LogP) is 2.37. The molecule has 1 aliphatic heterocycles. The highest BCUT2D eigenvalue weighted by atomic mass is 16.5. The van der Waals surface area contributed by atoms with Crippen LogP contribution in [0.15, 0.2) is 42.7 Å². The minimum Gasteiger partial charge on any atom is -0.462 e. The topological polar surface area (TPSA) is 58.6 Å². The largest absolute Gasteiger partial charge is 0.462 e. The van der Waals surface area contributed by atoms with E-state index in [-0.39, 0.29) is 5.97 Å². The molecule has 2 aromatic rings. The van der Waals surface area contributed by atoms with E-state index in [0.717, 1.165) is 31.3 Å². The molecule has 24 heavy (non-hydrogen) atoms. The summed E-state index contributed by atoms with van der Waals surface area (Å²) in [6.45, 7) is 7.01. The maximum absolute atomic E-state index is 11.7. The molecule has 1 aliphatic rings. The van der Waals surface area contributed by atoms with Gasteiger partial charge in [0.1, 0.15) is 0 Å². The molecule has 0 bridgehead atoms. The van der Waals surface area contributed by atoms with E-state index in [1.54, 1.807) is 12.4 Å². The van der Waals surface area contributed by atoms with E-state index >= 15 is 0 Å². The van der Waals surface area contributed by atoms with Crippen LogP contribution in [0.5, 0.6) is 0 Å². The molecule has 3 rings (SSSR count). The molecule has 0 radical (unpaired) electrons. The number of aromatic nitrogens is 2. The molecule has 0 amide bonds. The van der Waals surface area contributed by atoms with E-state index in [1.807, 2.05) is 37.3 Å². The van der Waals surface area contributed by atoms with Gasteiger partial charge in [0.2, 0.25) is 5.95 Å². The van der Waals surface area contributed by atoms with Crippen molar-refractivity contribution in [2.45, 2.75) is 19.9 Å². The van der Waals surface area contributed by atoms with Gasteiger partial charge in [0, 0.05) is 43.8 Å². The lowest BCUT2D eigenvalue weighted by molar-refractivity contribution is 0.0526. The van der Waals surface area contributed by atoms with Gasteiger partial charge in [0.15, 0.2) is 0 Å². The van der Waals surface area contributed by atoms with Gasteiger partial charge in [-0.3, -0.25) is 0 Å². The third-order valence-electron chi connectivity index (χ3n) is 4.17. The van der Waals surface area contributed by atoms with E-state index in [4.69, 9.17) is 4.74 Å². The minimum atomic E-state index is -0.275. The molecule has 1 saturated heterocycles. The third kappa shape index (κ3) is 3.48. The zero-order valence-corrected chi connectivity index (χ0v) is 14.1. The van der Waals surface area contributed by atoms with Crippen LogP contribution in [0.3, 0.4) is 0 Å². The maximum Gasteiger partial charge on any atom is 0.338 e. The zero-order valence-electron chi connectivity index (χ0n) is 14.1. The first kappa shape index (κ1) is 16.2. The Bertz CT molecular complexity index is 675. The molecule has 6 heteroatoms. The van der Waals surface area contributed by atoms with Crippen molar-refractivity contribution in [3.8, 4) is 0 Å². The first-order chi connectivity index (χ1) is 11.7. The molecule has 0 spiro atoms. The molecule has 126 valence electrons. The molecule has 1 fully saturated rings. The molecule has 2 heterocycles. The van der Waals surface area contributed by atoms with E-state index < -0.39 is 0 Å². The third-order valence-corrected chi connectivity index (χ3v) is 4.17.